The van der Waals surface area contributed by atoms with Crippen LogP contribution in [-0.2, 0) is 0 Å². The lowest BCUT2D eigenvalue weighted by Crippen LogP contribution is -2.11. The molecule has 0 aliphatic carbocycles. The molecule has 3 nitrogen and oxygen atoms in total. The van der Waals surface area contributed by atoms with E-state index in [1.807, 2.05) is 24.3 Å². The minimum Gasteiger partial charge on any atom is -0.456 e. The predicted octanol–water partition coefficient (Wildman–Crippen LogP) is 14.0. The largest absolute Gasteiger partial charge is 0.456 e. The fraction of sp³-hybridized carbons (Fsp3) is 0. The number of nitrogens with zero attached hydrogens (tertiary/aromatic N) is 1. The summed E-state index contributed by atoms with van der Waals surface area (Å²) in [5.74, 6) is 0. The van der Waals surface area contributed by atoms with Crippen LogP contribution in [0.15, 0.2) is 197 Å². The molecule has 240 valence electrons. The molecule has 0 spiro atoms. The molecule has 0 bridgehead atoms. The van der Waals surface area contributed by atoms with Gasteiger partial charge in [0.2, 0.25) is 0 Å². The van der Waals surface area contributed by atoms with Crippen molar-refractivity contribution in [2.24, 2.45) is 0 Å². The van der Waals surface area contributed by atoms with Crippen molar-refractivity contribution in [2.75, 3.05) is 4.90 Å². The van der Waals surface area contributed by atoms with Crippen LogP contribution in [0.3, 0.4) is 0 Å². The van der Waals surface area contributed by atoms with Crippen LogP contribution in [-0.4, -0.2) is 0 Å². The van der Waals surface area contributed by atoms with E-state index in [-0.39, 0.29) is 0 Å². The Hall–Kier alpha value is -6.84. The summed E-state index contributed by atoms with van der Waals surface area (Å²) in [7, 11) is 0. The second kappa shape index (κ2) is 11.9. The van der Waals surface area contributed by atoms with Gasteiger partial charge in [0.25, 0.3) is 0 Å². The fourth-order valence-electron chi connectivity index (χ4n) is 7.52. The Morgan fingerprint density at radius 2 is 0.922 bits per heavy atom. The minimum absolute atomic E-state index is 0.857. The monoisotopic (exact) mass is 653 g/mol. The van der Waals surface area contributed by atoms with Crippen molar-refractivity contribution in [2.45, 2.75) is 0 Å². The van der Waals surface area contributed by atoms with Gasteiger partial charge >= 0.3 is 0 Å². The third-order valence-corrected chi connectivity index (χ3v) is 9.89. The van der Waals surface area contributed by atoms with E-state index < -0.39 is 0 Å². The molecule has 0 amide bonds. The van der Waals surface area contributed by atoms with Crippen molar-refractivity contribution >= 4 is 60.9 Å². The molecule has 0 N–H and O–H groups in total. The summed E-state index contributed by atoms with van der Waals surface area (Å²) in [6.07, 6.45) is 0. The first kappa shape index (κ1) is 29.1. The van der Waals surface area contributed by atoms with Gasteiger partial charge in [-0.15, -0.1) is 0 Å². The Morgan fingerprint density at radius 3 is 1.78 bits per heavy atom. The van der Waals surface area contributed by atoms with Gasteiger partial charge in [0.15, 0.2) is 0 Å². The number of fused-ring (bicyclic) bond motifs is 6. The van der Waals surface area contributed by atoms with Gasteiger partial charge in [-0.25, -0.2) is 0 Å². The Kier molecular flexibility index (Phi) is 6.81. The molecule has 0 saturated heterocycles. The van der Waals surface area contributed by atoms with Crippen molar-refractivity contribution in [1.29, 1.82) is 0 Å². The Bertz CT molecular complexity index is 2860. The maximum absolute atomic E-state index is 6.42. The maximum atomic E-state index is 6.42. The highest BCUT2D eigenvalue weighted by molar-refractivity contribution is 6.14. The number of rotatable bonds is 6. The number of furan rings is 2. The van der Waals surface area contributed by atoms with Crippen molar-refractivity contribution in [3.8, 4) is 33.4 Å². The zero-order valence-electron chi connectivity index (χ0n) is 27.7. The zero-order chi connectivity index (χ0) is 33.7. The summed E-state index contributed by atoms with van der Waals surface area (Å²) in [5.41, 5.74) is 13.5. The smallest absolute Gasteiger partial charge is 0.143 e. The van der Waals surface area contributed by atoms with Crippen LogP contribution in [0.25, 0.3) is 77.3 Å². The summed E-state index contributed by atoms with van der Waals surface area (Å²) < 4.78 is 12.8. The third-order valence-electron chi connectivity index (χ3n) is 9.89. The molecule has 0 atom stereocenters. The van der Waals surface area contributed by atoms with Gasteiger partial charge in [-0.2, -0.15) is 0 Å². The van der Waals surface area contributed by atoms with Gasteiger partial charge in [0.1, 0.15) is 22.3 Å². The van der Waals surface area contributed by atoms with Gasteiger partial charge in [-0.1, -0.05) is 140 Å². The summed E-state index contributed by atoms with van der Waals surface area (Å²) in [4.78, 5) is 2.38. The van der Waals surface area contributed by atoms with Crippen LogP contribution in [0.5, 0.6) is 0 Å². The molecule has 8 aromatic carbocycles. The van der Waals surface area contributed by atoms with Gasteiger partial charge < -0.3 is 13.7 Å². The zero-order valence-corrected chi connectivity index (χ0v) is 27.7. The SMILES string of the molecule is c1ccc(-c2cccc(-c3ccccc3N(c3ccc(-c4cccc5c4oc4ccccc45)cc3)c3cccc4oc5ccccc5c34)c2)cc1. The molecule has 0 saturated carbocycles. The van der Waals surface area contributed by atoms with Gasteiger partial charge in [0, 0.05) is 33.0 Å². The van der Waals surface area contributed by atoms with Crippen LogP contribution in [0.4, 0.5) is 17.1 Å². The average molecular weight is 654 g/mol. The van der Waals surface area contributed by atoms with E-state index >= 15 is 0 Å². The highest BCUT2D eigenvalue weighted by atomic mass is 16.3. The normalized spacial score (nSPS) is 11.5. The molecule has 0 aliphatic heterocycles. The van der Waals surface area contributed by atoms with Crippen LogP contribution < -0.4 is 4.90 Å². The van der Waals surface area contributed by atoms with Crippen LogP contribution in [0.2, 0.25) is 0 Å². The summed E-state index contributed by atoms with van der Waals surface area (Å²) in [6, 6.07) is 66.2. The number of hydrogen-bond donors (Lipinski definition) is 0. The van der Waals surface area contributed by atoms with E-state index in [0.717, 1.165) is 83.2 Å². The number of hydrogen-bond acceptors (Lipinski definition) is 3. The van der Waals surface area contributed by atoms with Crippen LogP contribution >= 0.6 is 0 Å². The highest BCUT2D eigenvalue weighted by Gasteiger charge is 2.22. The first-order valence-electron chi connectivity index (χ1n) is 17.3. The lowest BCUT2D eigenvalue weighted by Gasteiger charge is -2.28. The minimum atomic E-state index is 0.857. The molecule has 3 heteroatoms. The van der Waals surface area contributed by atoms with E-state index in [0.29, 0.717) is 0 Å². The molecule has 51 heavy (non-hydrogen) atoms. The van der Waals surface area contributed by atoms with Gasteiger partial charge in [0.05, 0.1) is 16.8 Å². The van der Waals surface area contributed by atoms with Crippen molar-refractivity contribution in [1.82, 2.24) is 0 Å². The molecule has 10 aromatic rings. The quantitative estimate of drug-likeness (QED) is 0.179. The summed E-state index contributed by atoms with van der Waals surface area (Å²) >= 11 is 0. The van der Waals surface area contributed by atoms with Crippen LogP contribution in [0.1, 0.15) is 0 Å². The fourth-order valence-corrected chi connectivity index (χ4v) is 7.52. The molecule has 0 unspecified atom stereocenters. The van der Waals surface area contributed by atoms with Gasteiger partial charge in [-0.3, -0.25) is 0 Å². The van der Waals surface area contributed by atoms with E-state index in [4.69, 9.17) is 8.83 Å². The topological polar surface area (TPSA) is 29.5 Å². The van der Waals surface area contributed by atoms with E-state index in [2.05, 4.69) is 169 Å². The molecule has 0 aliphatic rings. The molecule has 2 aromatic heterocycles. The maximum Gasteiger partial charge on any atom is 0.143 e. The van der Waals surface area contributed by atoms with Crippen molar-refractivity contribution in [3.63, 3.8) is 0 Å². The molecule has 0 radical (unpaired) electrons. The van der Waals surface area contributed by atoms with E-state index in [1.165, 1.54) is 11.1 Å². The first-order chi connectivity index (χ1) is 25.3. The Labute approximate surface area is 295 Å². The highest BCUT2D eigenvalue weighted by Crippen LogP contribution is 2.46. The van der Waals surface area contributed by atoms with E-state index in [9.17, 15) is 0 Å². The lowest BCUT2D eigenvalue weighted by molar-refractivity contribution is 0.669. The first-order valence-corrected chi connectivity index (χ1v) is 17.3. The summed E-state index contributed by atoms with van der Waals surface area (Å²) in [5, 5.41) is 4.42. The Balaban J connectivity index is 1.17. The predicted molar refractivity (Wildman–Crippen MR) is 212 cm³/mol. The molecular weight excluding hydrogens is 623 g/mol. The van der Waals surface area contributed by atoms with Crippen molar-refractivity contribution < 1.29 is 8.83 Å². The van der Waals surface area contributed by atoms with E-state index in [1.54, 1.807) is 0 Å². The molecule has 0 fully saturated rings. The lowest BCUT2D eigenvalue weighted by atomic mass is 9.96. The number of benzene rings is 8. The number of anilines is 3. The van der Waals surface area contributed by atoms with Gasteiger partial charge in [-0.05, 0) is 70.8 Å². The second-order valence-electron chi connectivity index (χ2n) is 12.9. The van der Waals surface area contributed by atoms with Crippen molar-refractivity contribution in [3.05, 3.63) is 188 Å². The average Bonchev–Trinajstić information content (AvgIpc) is 3.78. The van der Waals surface area contributed by atoms with Crippen LogP contribution in [0, 0.1) is 0 Å². The number of para-hydroxylation sites is 4. The summed E-state index contributed by atoms with van der Waals surface area (Å²) in [6.45, 7) is 0. The molecular formula is C48H31NO2. The molecule has 2 heterocycles. The second-order valence-corrected chi connectivity index (χ2v) is 12.9. The molecule has 10 rings (SSSR count). The Morgan fingerprint density at radius 1 is 0.333 bits per heavy atom. The third kappa shape index (κ3) is 4.90. The standard InChI is InChI=1S/C48H31NO2/c1-2-13-32(14-3-1)34-15-10-16-35(31-34)37-17-4-7-22-42(37)49(43-23-12-26-46-47(43)41-19-6-9-25-45(41)50-46)36-29-27-33(28-30-36)38-20-11-21-40-39-18-5-8-24-44(39)51-48(38)40/h1-31H.